The lowest BCUT2D eigenvalue weighted by atomic mass is 10.1. The summed E-state index contributed by atoms with van der Waals surface area (Å²) >= 11 is 0. The minimum absolute atomic E-state index is 0.192. The van der Waals surface area contributed by atoms with Gasteiger partial charge in [-0.15, -0.1) is 0 Å². The van der Waals surface area contributed by atoms with Gasteiger partial charge in [-0.05, 0) is 45.0 Å². The van der Waals surface area contributed by atoms with Crippen LogP contribution in [0.4, 0.5) is 0 Å². The average molecular weight is 337 g/mol. The molecule has 5 nitrogen and oxygen atoms in total. The first-order valence-electron chi connectivity index (χ1n) is 8.44. The number of hydrogen-bond acceptors (Lipinski definition) is 4. The monoisotopic (exact) mass is 337 g/mol. The first kappa shape index (κ1) is 17.0. The van der Waals surface area contributed by atoms with Crippen molar-refractivity contribution in [2.24, 2.45) is 5.16 Å². The summed E-state index contributed by atoms with van der Waals surface area (Å²) in [6.07, 6.45) is 0.667. The van der Waals surface area contributed by atoms with Gasteiger partial charge in [-0.1, -0.05) is 47.5 Å². The molecule has 0 saturated heterocycles. The molecule has 3 rings (SSSR count). The molecule has 5 heteroatoms. The van der Waals surface area contributed by atoms with E-state index in [9.17, 15) is 4.79 Å². The Kier molecular flexibility index (Phi) is 4.49. The fraction of sp³-hybridized carbons (Fsp3) is 0.300. The van der Waals surface area contributed by atoms with Gasteiger partial charge in [-0.2, -0.15) is 0 Å². The zero-order chi connectivity index (χ0) is 18.0. The summed E-state index contributed by atoms with van der Waals surface area (Å²) < 4.78 is 0. The summed E-state index contributed by atoms with van der Waals surface area (Å²) in [5, 5.41) is 6.00. The van der Waals surface area contributed by atoms with Crippen molar-refractivity contribution < 1.29 is 9.63 Å². The molecule has 0 spiro atoms. The van der Waals surface area contributed by atoms with E-state index in [0.717, 1.165) is 16.7 Å². The highest BCUT2D eigenvalue weighted by atomic mass is 16.7. The number of nitrogens with one attached hydrogen (secondary N) is 1. The van der Waals surface area contributed by atoms with Crippen LogP contribution in [0.15, 0.2) is 53.7 Å². The van der Waals surface area contributed by atoms with Crippen molar-refractivity contribution in [3.8, 4) is 0 Å². The molecule has 1 aliphatic rings. The molecule has 1 unspecified atom stereocenters. The number of hydrogen-bond donors (Lipinski definition) is 1. The number of oxime groups is 1. The average Bonchev–Trinajstić information content (AvgIpc) is 2.92. The summed E-state index contributed by atoms with van der Waals surface area (Å²) in [6.45, 7) is 8.00. The highest BCUT2D eigenvalue weighted by Crippen LogP contribution is 2.29. The van der Waals surface area contributed by atoms with Crippen LogP contribution < -0.4 is 5.43 Å². The molecule has 0 radical (unpaired) electrons. The topological polar surface area (TPSA) is 53.9 Å². The maximum absolute atomic E-state index is 12.7. The van der Waals surface area contributed by atoms with E-state index < -0.39 is 5.72 Å². The van der Waals surface area contributed by atoms with Gasteiger partial charge in [-0.3, -0.25) is 10.2 Å². The number of carbonyl (C=O) groups is 1. The summed E-state index contributed by atoms with van der Waals surface area (Å²) in [5.41, 5.74) is 6.02. The minimum Gasteiger partial charge on any atom is -0.364 e. The molecule has 1 aliphatic heterocycles. The molecule has 25 heavy (non-hydrogen) atoms. The Morgan fingerprint density at radius 3 is 2.40 bits per heavy atom. The van der Waals surface area contributed by atoms with Gasteiger partial charge in [-0.25, -0.2) is 5.01 Å². The second-order valence-corrected chi connectivity index (χ2v) is 6.55. The van der Waals surface area contributed by atoms with Crippen molar-refractivity contribution in [2.45, 2.75) is 39.8 Å². The normalized spacial score (nSPS) is 19.4. The van der Waals surface area contributed by atoms with Crippen LogP contribution in [-0.2, 0) is 4.84 Å². The van der Waals surface area contributed by atoms with Crippen molar-refractivity contribution in [3.05, 3.63) is 70.8 Å². The first-order chi connectivity index (χ1) is 11.9. The maximum atomic E-state index is 12.7. The number of nitrogens with zero attached hydrogens (tertiary/aromatic N) is 2. The molecule has 130 valence electrons. The summed E-state index contributed by atoms with van der Waals surface area (Å²) in [7, 11) is 0. The van der Waals surface area contributed by atoms with Crippen molar-refractivity contribution in [1.29, 1.82) is 0 Å². The number of hydrazine groups is 1. The number of carbonyl (C=O) groups excluding carboxylic acids is 1. The standard InChI is InChI=1S/C20H23N3O2/c1-5-20(4)23(21-19(24)16-9-7-6-8-10-16)18(22-25-20)17-12-14(2)11-15(3)13-17/h6-13H,5H2,1-4H3,(H,21,24). The zero-order valence-electron chi connectivity index (χ0n) is 15.0. The molecule has 0 aromatic heterocycles. The van der Waals surface area contributed by atoms with Crippen molar-refractivity contribution in [2.75, 3.05) is 0 Å². The van der Waals surface area contributed by atoms with Crippen LogP contribution in [0, 0.1) is 13.8 Å². The third kappa shape index (κ3) is 3.36. The zero-order valence-corrected chi connectivity index (χ0v) is 15.0. The van der Waals surface area contributed by atoms with E-state index in [0.29, 0.717) is 17.8 Å². The maximum Gasteiger partial charge on any atom is 0.269 e. The van der Waals surface area contributed by atoms with Gasteiger partial charge in [0.15, 0.2) is 5.84 Å². The van der Waals surface area contributed by atoms with Gasteiger partial charge < -0.3 is 4.84 Å². The van der Waals surface area contributed by atoms with Gasteiger partial charge in [0.2, 0.25) is 5.72 Å². The molecule has 0 aliphatic carbocycles. The summed E-state index contributed by atoms with van der Waals surface area (Å²) in [6, 6.07) is 15.3. The third-order valence-corrected chi connectivity index (χ3v) is 4.40. The number of aryl methyl sites for hydroxylation is 2. The Morgan fingerprint density at radius 2 is 1.80 bits per heavy atom. The third-order valence-electron chi connectivity index (χ3n) is 4.40. The van der Waals surface area contributed by atoms with Crippen LogP contribution in [0.3, 0.4) is 0 Å². The number of amides is 1. The van der Waals surface area contributed by atoms with E-state index >= 15 is 0 Å². The highest BCUT2D eigenvalue weighted by Gasteiger charge is 2.42. The molecular formula is C20H23N3O2. The van der Waals surface area contributed by atoms with E-state index in [2.05, 4.69) is 16.6 Å². The van der Waals surface area contributed by atoms with Crippen LogP contribution in [0.2, 0.25) is 0 Å². The van der Waals surface area contributed by atoms with Gasteiger partial charge in [0.1, 0.15) is 0 Å². The van der Waals surface area contributed by atoms with Gasteiger partial charge >= 0.3 is 0 Å². The Morgan fingerprint density at radius 1 is 1.16 bits per heavy atom. The number of amidine groups is 1. The molecule has 1 atom stereocenters. The Labute approximate surface area is 148 Å². The summed E-state index contributed by atoms with van der Waals surface area (Å²) in [5.74, 6) is 0.420. The number of rotatable bonds is 4. The molecule has 1 amide bonds. The highest BCUT2D eigenvalue weighted by molar-refractivity contribution is 6.02. The molecule has 2 aromatic carbocycles. The Bertz CT molecular complexity index is 797. The fourth-order valence-electron chi connectivity index (χ4n) is 2.88. The molecular weight excluding hydrogens is 314 g/mol. The first-order valence-corrected chi connectivity index (χ1v) is 8.44. The van der Waals surface area contributed by atoms with Crippen LogP contribution in [0.25, 0.3) is 0 Å². The predicted octanol–water partition coefficient (Wildman–Crippen LogP) is 3.77. The lowest BCUT2D eigenvalue weighted by Gasteiger charge is -2.33. The van der Waals surface area contributed by atoms with Crippen molar-refractivity contribution in [1.82, 2.24) is 10.4 Å². The number of benzene rings is 2. The Hall–Kier alpha value is -2.82. The quantitative estimate of drug-likeness (QED) is 0.924. The van der Waals surface area contributed by atoms with Gasteiger partial charge in [0.05, 0.1) is 0 Å². The molecule has 1 N–H and O–H groups in total. The van der Waals surface area contributed by atoms with E-state index in [1.54, 1.807) is 17.1 Å². The van der Waals surface area contributed by atoms with Gasteiger partial charge in [0.25, 0.3) is 5.91 Å². The smallest absolute Gasteiger partial charge is 0.269 e. The lowest BCUT2D eigenvalue weighted by Crippen LogP contribution is -2.55. The van der Waals surface area contributed by atoms with Crippen LogP contribution in [0.1, 0.15) is 47.3 Å². The largest absolute Gasteiger partial charge is 0.364 e. The second kappa shape index (κ2) is 6.59. The van der Waals surface area contributed by atoms with Crippen molar-refractivity contribution >= 4 is 11.7 Å². The molecule has 0 bridgehead atoms. The van der Waals surface area contributed by atoms with E-state index in [1.165, 1.54) is 0 Å². The fourth-order valence-corrected chi connectivity index (χ4v) is 2.88. The molecule has 0 fully saturated rings. The van der Waals surface area contributed by atoms with Gasteiger partial charge in [0, 0.05) is 17.5 Å². The van der Waals surface area contributed by atoms with E-state index in [1.807, 2.05) is 58.0 Å². The lowest BCUT2D eigenvalue weighted by molar-refractivity contribution is -0.0993. The SMILES string of the molecule is CCC1(C)ON=C(c2cc(C)cc(C)c2)N1NC(=O)c1ccccc1. The molecule has 0 saturated carbocycles. The Balaban J connectivity index is 1.94. The van der Waals surface area contributed by atoms with Crippen LogP contribution in [-0.4, -0.2) is 22.5 Å². The minimum atomic E-state index is -0.725. The van der Waals surface area contributed by atoms with Crippen LogP contribution in [0.5, 0.6) is 0 Å². The second-order valence-electron chi connectivity index (χ2n) is 6.55. The van der Waals surface area contributed by atoms with E-state index in [-0.39, 0.29) is 5.91 Å². The molecule has 1 heterocycles. The van der Waals surface area contributed by atoms with Crippen molar-refractivity contribution in [3.63, 3.8) is 0 Å². The van der Waals surface area contributed by atoms with E-state index in [4.69, 9.17) is 4.84 Å². The summed E-state index contributed by atoms with van der Waals surface area (Å²) in [4.78, 5) is 18.3. The molecule has 2 aromatic rings. The van der Waals surface area contributed by atoms with Crippen LogP contribution >= 0.6 is 0 Å². The predicted molar refractivity (Wildman–Crippen MR) is 98.0 cm³/mol.